The van der Waals surface area contributed by atoms with Gasteiger partial charge in [-0.15, -0.1) is 0 Å². The van der Waals surface area contributed by atoms with Crippen LogP contribution in [0.4, 0.5) is 0 Å². The molecule has 0 aromatic heterocycles. The van der Waals surface area contributed by atoms with Crippen LogP contribution < -0.4 is 24.7 Å². The van der Waals surface area contributed by atoms with Crippen LogP contribution in [0.2, 0.25) is 0 Å². The summed E-state index contributed by atoms with van der Waals surface area (Å²) >= 11 is 0. The molecule has 17 heteroatoms. The summed E-state index contributed by atoms with van der Waals surface area (Å²) in [5, 5.41) is 70.7. The molecule has 16 nitrogen and oxygen atoms in total. The number of carbonyl (C=O) groups is 1. The predicted molar refractivity (Wildman–Crippen MR) is 376 cm³/mol. The van der Waals surface area contributed by atoms with Crippen molar-refractivity contribution in [2.75, 3.05) is 76.3 Å². The summed E-state index contributed by atoms with van der Waals surface area (Å²) in [5.74, 6) is 3.92. The van der Waals surface area contributed by atoms with Crippen molar-refractivity contribution >= 4 is 5.78 Å². The van der Waals surface area contributed by atoms with Gasteiger partial charge >= 0.3 is 0 Å². The minimum Gasteiger partial charge on any atom is -0.508 e. The summed E-state index contributed by atoms with van der Waals surface area (Å²) in [6.07, 6.45) is 26.0. The van der Waals surface area contributed by atoms with E-state index in [0.29, 0.717) is 18.7 Å². The van der Waals surface area contributed by atoms with Crippen molar-refractivity contribution in [2.45, 2.75) is 213 Å². The van der Waals surface area contributed by atoms with Gasteiger partial charge in [-0.2, -0.15) is 10.5 Å². The molecule has 95 heavy (non-hydrogen) atoms. The van der Waals surface area contributed by atoms with Crippen molar-refractivity contribution in [2.24, 2.45) is 5.73 Å². The summed E-state index contributed by atoms with van der Waals surface area (Å²) in [6.45, 7) is 2.20. The van der Waals surface area contributed by atoms with Gasteiger partial charge in [-0.05, 0) is 181 Å². The molecule has 0 saturated heterocycles. The van der Waals surface area contributed by atoms with Crippen LogP contribution in [0.15, 0.2) is 121 Å². The molecule has 0 spiro atoms. The van der Waals surface area contributed by atoms with Crippen molar-refractivity contribution in [1.82, 2.24) is 9.80 Å². The molecule has 4 unspecified atom stereocenters. The second kappa shape index (κ2) is 43.3. The van der Waals surface area contributed by atoms with Crippen molar-refractivity contribution in [1.29, 1.82) is 10.5 Å². The van der Waals surface area contributed by atoms with E-state index in [0.717, 1.165) is 193 Å². The number of methoxy groups -OCH3 is 4. The van der Waals surface area contributed by atoms with Crippen LogP contribution in [0.3, 0.4) is 0 Å². The van der Waals surface area contributed by atoms with E-state index in [1.54, 1.807) is 40.6 Å². The fraction of sp³-hybridized carbons (Fsp3) is 0.577. The summed E-state index contributed by atoms with van der Waals surface area (Å²) in [5.41, 5.74) is 14.9. The summed E-state index contributed by atoms with van der Waals surface area (Å²) < 4.78 is 25.2. The smallest absolute Gasteiger partial charge is 0.206 e. The van der Waals surface area contributed by atoms with Gasteiger partial charge < -0.3 is 65.5 Å². The SMILES string of the molecule is CN(C)CC(c1ccc(O)cc1)C1(O)CCCCC1.COc1ccc(C(C#N)C2(O)CCCCC2)cc1.COc1ccc(C(CN(C)C)C2(O)CCCCC2)cc1.COc1ccc(C(CN)C2(O)CCCCC2)cc1.COc1ccc(CC#N)cc1.O=C1CCCCC1.[2H]O.[V]. The van der Waals surface area contributed by atoms with Gasteiger partial charge in [0.05, 0.1) is 75.3 Å². The first-order valence-corrected chi connectivity index (χ1v) is 34.2. The maximum absolute atomic E-state index is 11.1. The molecule has 0 bridgehead atoms. The Kier molecular flexibility index (Phi) is 37.1. The van der Waals surface area contributed by atoms with E-state index in [9.17, 15) is 35.6 Å². The number of benzene rings is 5. The molecule has 9 N–H and O–H groups in total. The summed E-state index contributed by atoms with van der Waals surface area (Å²) in [7, 11) is 14.8. The fourth-order valence-corrected chi connectivity index (χ4v) is 14.0. The molecule has 5 fully saturated rings. The number of phenols is 1. The van der Waals surface area contributed by atoms with Crippen LogP contribution in [-0.4, -0.2) is 145 Å². The molecule has 1 radical (unpaired) electrons. The van der Waals surface area contributed by atoms with Gasteiger partial charge in [0.25, 0.3) is 0 Å². The van der Waals surface area contributed by atoms with E-state index in [2.05, 4.69) is 48.2 Å². The van der Waals surface area contributed by atoms with E-state index in [1.165, 1.54) is 31.2 Å². The standard InChI is InChI=1S/C17H27NO2.C16H25NO2.C15H23NO2.C15H19NO2.C9H9NO.C6H10O.H2O.V/c1-18(2)13-16(17(19)11-5-4-6-12-17)14-7-9-15(20-3)10-8-14;1-17(2)12-15(13-6-8-14(18)9-7-13)16(19)10-4-3-5-11-16;2*1-18-13-7-5-12(6-8-13)14(11-16)15(17)9-3-2-4-10-15;1-11-9-4-2-8(3-5-9)6-7-10;7-6-4-2-1-3-5-6;;/h7-10,16,19H,4-6,11-13H2,1-3H3;6-9,15,18-19H,3-5,10-12H2,1-2H3;5-8,14,17H,2-4,9-11,16H2,1H3;5-8,14,17H,2-4,9-10H2,1H3;2-5H,6H2,1H3;1-5H2;1H2;/i/hD. The van der Waals surface area contributed by atoms with Crippen molar-refractivity contribution in [3.63, 3.8) is 0 Å². The number of nitrogens with zero attached hydrogens (tertiary/aromatic N) is 4. The molecule has 523 valence electrons. The number of likely N-dealkylation sites (N-methyl/N-ethyl adjacent to an activating group) is 2. The maximum atomic E-state index is 11.1. The Morgan fingerprint density at radius 2 is 0.747 bits per heavy atom. The second-order valence-corrected chi connectivity index (χ2v) is 26.8. The summed E-state index contributed by atoms with van der Waals surface area (Å²) in [4.78, 5) is 14.8. The van der Waals surface area contributed by atoms with E-state index in [4.69, 9.17) is 36.9 Å². The second-order valence-electron chi connectivity index (χ2n) is 26.8. The first kappa shape index (κ1) is 81.4. The van der Waals surface area contributed by atoms with Crippen LogP contribution in [0.1, 0.15) is 213 Å². The number of nitriles is 2. The number of ether oxygens (including phenoxy) is 4. The summed E-state index contributed by atoms with van der Waals surface area (Å²) in [6, 6.07) is 42.7. The van der Waals surface area contributed by atoms with Crippen molar-refractivity contribution in [3.8, 4) is 40.9 Å². The Morgan fingerprint density at radius 1 is 0.463 bits per heavy atom. The Balaban J connectivity index is 0.000000304. The third kappa shape index (κ3) is 27.1. The van der Waals surface area contributed by atoms with Gasteiger partial charge in [-0.25, -0.2) is 0 Å². The van der Waals surface area contributed by atoms with Crippen LogP contribution in [0, 0.1) is 22.7 Å². The van der Waals surface area contributed by atoms with Crippen molar-refractivity contribution < 1.29 is 74.7 Å². The topological polar surface area (TPSA) is 267 Å². The van der Waals surface area contributed by atoms with E-state index in [-0.39, 0.29) is 42.1 Å². The molecule has 5 aromatic carbocycles. The number of carbonyl (C=O) groups excluding carboxylic acids is 1. The molecule has 0 aliphatic heterocycles. The van der Waals surface area contributed by atoms with Gasteiger partial charge in [-0.3, -0.25) is 4.79 Å². The van der Waals surface area contributed by atoms with Crippen LogP contribution in [0.25, 0.3) is 0 Å². The molecule has 5 aliphatic carbocycles. The Bertz CT molecular complexity index is 2950. The van der Waals surface area contributed by atoms with Crippen molar-refractivity contribution in [3.05, 3.63) is 149 Å². The number of hydrogen-bond acceptors (Lipinski definition) is 15. The molecule has 0 heterocycles. The number of aromatic hydroxyl groups is 1. The third-order valence-corrected chi connectivity index (χ3v) is 19.5. The Labute approximate surface area is 582 Å². The number of aliphatic hydroxyl groups is 4. The molecule has 5 aliphatic rings. The van der Waals surface area contributed by atoms with Crippen LogP contribution >= 0.6 is 0 Å². The van der Waals surface area contributed by atoms with E-state index >= 15 is 0 Å². The maximum Gasteiger partial charge on any atom is 0.206 e. The quantitative estimate of drug-likeness (QED) is 0.0476. The molecule has 5 saturated carbocycles. The first-order valence-electron chi connectivity index (χ1n) is 34.7. The number of nitrogens with two attached hydrogens (primary N) is 1. The van der Waals surface area contributed by atoms with Gasteiger partial charge in [0.15, 0.2) is 0 Å². The zero-order valence-corrected chi connectivity index (χ0v) is 59.8. The zero-order valence-electron chi connectivity index (χ0n) is 59.4. The minimum atomic E-state index is -0.860. The molecule has 4 atom stereocenters. The zero-order chi connectivity index (χ0) is 69.7. The monoisotopic (exact) mass is 1350 g/mol. The average molecular weight is 1350 g/mol. The molecular weight excluding hydrogens is 1230 g/mol. The number of hydrogen-bond donors (Lipinski definition) is 6. The minimum absolute atomic E-state index is 0. The third-order valence-electron chi connectivity index (χ3n) is 19.5. The number of rotatable bonds is 18. The Hall–Kier alpha value is -5.99. The van der Waals surface area contributed by atoms with Gasteiger partial charge in [0.1, 0.15) is 34.5 Å². The van der Waals surface area contributed by atoms with Crippen LogP contribution in [-0.2, 0) is 29.8 Å². The molecule has 5 aromatic rings. The van der Waals surface area contributed by atoms with Gasteiger partial charge in [0, 0.05) is 68.8 Å². The van der Waals surface area contributed by atoms with E-state index in [1.807, 2.05) is 111 Å². The van der Waals surface area contributed by atoms with E-state index < -0.39 is 28.3 Å². The average Bonchev–Trinajstić information content (AvgIpc) is 0.848. The number of ketones is 1. The molecule has 0 amide bonds. The molecule has 10 rings (SSSR count). The van der Waals surface area contributed by atoms with Crippen LogP contribution in [0.5, 0.6) is 28.7 Å². The normalized spacial score (nSPS) is 18.6. The number of phenolic OH excluding ortho intramolecular Hbond substituents is 1. The fourth-order valence-electron chi connectivity index (χ4n) is 14.0. The number of Topliss-reactive ketones (excluding diaryl/α,β-unsaturated/α-hetero) is 1. The molecular formula is C78H115N5O11V. The predicted octanol–water partition coefficient (Wildman–Crippen LogP) is 13.7. The van der Waals surface area contributed by atoms with Gasteiger partial charge in [0.2, 0.25) is 1.43 Å². The largest absolute Gasteiger partial charge is 0.508 e. The van der Waals surface area contributed by atoms with Gasteiger partial charge in [-0.1, -0.05) is 144 Å². The Morgan fingerprint density at radius 3 is 1.03 bits per heavy atom. The first-order chi connectivity index (χ1) is 45.7.